The van der Waals surface area contributed by atoms with Gasteiger partial charge in [0.1, 0.15) is 11.5 Å². The molecule has 2 saturated carbocycles. The van der Waals surface area contributed by atoms with E-state index in [9.17, 15) is 4.79 Å². The van der Waals surface area contributed by atoms with Crippen LogP contribution in [0.15, 0.2) is 24.3 Å². The first kappa shape index (κ1) is 25.1. The lowest BCUT2D eigenvalue weighted by molar-refractivity contribution is -0.140. The lowest BCUT2D eigenvalue weighted by Gasteiger charge is -2.28. The maximum absolute atomic E-state index is 12.4. The number of hydrogen-bond acceptors (Lipinski definition) is 3. The van der Waals surface area contributed by atoms with Crippen molar-refractivity contribution >= 4 is 5.97 Å². The smallest absolute Gasteiger partial charge is 0.314 e. The van der Waals surface area contributed by atoms with Gasteiger partial charge in [0.15, 0.2) is 0 Å². The lowest BCUT2D eigenvalue weighted by atomic mass is 9.78. The van der Waals surface area contributed by atoms with Gasteiger partial charge in [-0.05, 0) is 80.5 Å². The van der Waals surface area contributed by atoms with Gasteiger partial charge in [0.25, 0.3) is 0 Å². The van der Waals surface area contributed by atoms with E-state index in [1.54, 1.807) is 0 Å². The highest BCUT2D eigenvalue weighted by Gasteiger charge is 2.27. The molecule has 32 heavy (non-hydrogen) atoms. The molecule has 2 aliphatic rings. The molecule has 2 fully saturated rings. The van der Waals surface area contributed by atoms with E-state index in [2.05, 4.69) is 13.8 Å². The van der Waals surface area contributed by atoms with Gasteiger partial charge in [-0.15, -0.1) is 0 Å². The Morgan fingerprint density at radius 3 is 1.91 bits per heavy atom. The van der Waals surface area contributed by atoms with Gasteiger partial charge in [-0.25, -0.2) is 0 Å². The Hall–Kier alpha value is -1.51. The number of ether oxygens (including phenoxy) is 2. The van der Waals surface area contributed by atoms with Crippen LogP contribution < -0.4 is 9.47 Å². The fourth-order valence-electron chi connectivity index (χ4n) is 5.66. The number of rotatable bonds is 12. The third-order valence-electron chi connectivity index (χ3n) is 8.01. The van der Waals surface area contributed by atoms with Gasteiger partial charge < -0.3 is 9.47 Å². The molecule has 0 N–H and O–H groups in total. The zero-order chi connectivity index (χ0) is 22.6. The van der Waals surface area contributed by atoms with Crippen LogP contribution in [0.5, 0.6) is 11.5 Å². The number of benzene rings is 1. The second-order valence-corrected chi connectivity index (χ2v) is 10.4. The summed E-state index contributed by atoms with van der Waals surface area (Å²) in [6.45, 7) is 5.31. The van der Waals surface area contributed by atoms with Crippen molar-refractivity contribution in [2.75, 3.05) is 6.61 Å². The van der Waals surface area contributed by atoms with Gasteiger partial charge >= 0.3 is 5.97 Å². The first-order valence-corrected chi connectivity index (χ1v) is 13.6. The van der Waals surface area contributed by atoms with E-state index in [1.165, 1.54) is 64.2 Å². The van der Waals surface area contributed by atoms with Crippen molar-refractivity contribution in [2.45, 2.75) is 110 Å². The predicted molar refractivity (Wildman–Crippen MR) is 132 cm³/mol. The van der Waals surface area contributed by atoms with Crippen LogP contribution >= 0.6 is 0 Å². The minimum atomic E-state index is -0.0618. The van der Waals surface area contributed by atoms with E-state index in [0.717, 1.165) is 62.2 Å². The third kappa shape index (κ3) is 8.45. The molecular weight excluding hydrogens is 396 g/mol. The van der Waals surface area contributed by atoms with Crippen LogP contribution in [0.25, 0.3) is 0 Å². The molecule has 0 radical (unpaired) electrons. The van der Waals surface area contributed by atoms with Gasteiger partial charge in [0.2, 0.25) is 0 Å². The molecule has 0 spiro atoms. The molecule has 0 aliphatic heterocycles. The van der Waals surface area contributed by atoms with Crippen molar-refractivity contribution in [3.8, 4) is 11.5 Å². The van der Waals surface area contributed by atoms with Crippen molar-refractivity contribution in [3.05, 3.63) is 24.3 Å². The van der Waals surface area contributed by atoms with E-state index in [-0.39, 0.29) is 11.9 Å². The average molecular weight is 443 g/mol. The summed E-state index contributed by atoms with van der Waals surface area (Å²) in [6, 6.07) is 7.59. The second-order valence-electron chi connectivity index (χ2n) is 10.4. The molecule has 0 unspecified atom stereocenters. The van der Waals surface area contributed by atoms with Gasteiger partial charge in [-0.3, -0.25) is 4.79 Å². The van der Waals surface area contributed by atoms with E-state index < -0.39 is 0 Å². The van der Waals surface area contributed by atoms with E-state index in [1.807, 2.05) is 24.3 Å². The molecule has 0 aromatic heterocycles. The Balaban J connectivity index is 1.27. The molecule has 1 aromatic rings. The van der Waals surface area contributed by atoms with Gasteiger partial charge in [-0.2, -0.15) is 0 Å². The van der Waals surface area contributed by atoms with E-state index >= 15 is 0 Å². The highest BCUT2D eigenvalue weighted by atomic mass is 16.5. The summed E-state index contributed by atoms with van der Waals surface area (Å²) in [7, 11) is 0. The normalized spacial score (nSPS) is 25.9. The molecule has 2 aliphatic carbocycles. The van der Waals surface area contributed by atoms with Crippen molar-refractivity contribution in [1.29, 1.82) is 0 Å². The van der Waals surface area contributed by atoms with Gasteiger partial charge in [0.05, 0.1) is 12.5 Å². The number of carbonyl (C=O) groups is 1. The second kappa shape index (κ2) is 13.9. The number of hydrogen-bond donors (Lipinski definition) is 0. The summed E-state index contributed by atoms with van der Waals surface area (Å²) in [5.74, 6) is 4.20. The molecule has 3 rings (SSSR count). The standard InChI is InChI=1S/C29H46O3/c1-3-5-6-8-24-10-12-25(13-11-24)9-7-22-31-27-18-20-28(21-19-27)32-29(30)26-16-14-23(4-2)15-17-26/h18-21,23-26H,3-17,22H2,1-2H3. The van der Waals surface area contributed by atoms with E-state index in [4.69, 9.17) is 9.47 Å². The van der Waals surface area contributed by atoms with Crippen LogP contribution in [-0.2, 0) is 4.79 Å². The fraction of sp³-hybridized carbons (Fsp3) is 0.759. The summed E-state index contributed by atoms with van der Waals surface area (Å²) in [4.78, 5) is 12.4. The Morgan fingerprint density at radius 2 is 1.31 bits per heavy atom. The van der Waals surface area contributed by atoms with Crippen molar-refractivity contribution in [2.24, 2.45) is 23.7 Å². The van der Waals surface area contributed by atoms with Crippen LogP contribution in [0, 0.1) is 23.7 Å². The number of carbonyl (C=O) groups excluding carboxylic acids is 1. The van der Waals surface area contributed by atoms with Crippen LogP contribution in [0.3, 0.4) is 0 Å². The minimum Gasteiger partial charge on any atom is -0.494 e. The largest absolute Gasteiger partial charge is 0.494 e. The zero-order valence-electron chi connectivity index (χ0n) is 20.7. The molecule has 0 bridgehead atoms. The minimum absolute atomic E-state index is 0.0618. The van der Waals surface area contributed by atoms with Gasteiger partial charge in [0, 0.05) is 0 Å². The summed E-state index contributed by atoms with van der Waals surface area (Å²) in [5, 5.41) is 0. The maximum Gasteiger partial charge on any atom is 0.314 e. The third-order valence-corrected chi connectivity index (χ3v) is 8.01. The monoisotopic (exact) mass is 442 g/mol. The lowest BCUT2D eigenvalue weighted by Crippen LogP contribution is -2.25. The molecule has 0 atom stereocenters. The molecule has 0 amide bonds. The summed E-state index contributed by atoms with van der Waals surface area (Å²) >= 11 is 0. The Labute approximate surface area is 196 Å². The van der Waals surface area contributed by atoms with Crippen molar-refractivity contribution in [1.82, 2.24) is 0 Å². The molecule has 0 saturated heterocycles. The van der Waals surface area contributed by atoms with Crippen LogP contribution in [0.4, 0.5) is 0 Å². The van der Waals surface area contributed by atoms with Crippen LogP contribution in [0.1, 0.15) is 110 Å². The Morgan fingerprint density at radius 1 is 0.750 bits per heavy atom. The van der Waals surface area contributed by atoms with Crippen LogP contribution in [0.2, 0.25) is 0 Å². The molecule has 0 heterocycles. The Kier molecular flexibility index (Phi) is 10.9. The predicted octanol–water partition coefficient (Wildman–Crippen LogP) is 8.35. The molecule has 1 aromatic carbocycles. The van der Waals surface area contributed by atoms with Crippen molar-refractivity contribution in [3.63, 3.8) is 0 Å². The number of unbranched alkanes of at least 4 members (excludes halogenated alkanes) is 2. The van der Waals surface area contributed by atoms with Crippen molar-refractivity contribution < 1.29 is 14.3 Å². The zero-order valence-corrected chi connectivity index (χ0v) is 20.7. The first-order chi connectivity index (χ1) is 15.7. The summed E-state index contributed by atoms with van der Waals surface area (Å²) < 4.78 is 11.6. The quantitative estimate of drug-likeness (QED) is 0.185. The highest BCUT2D eigenvalue weighted by molar-refractivity contribution is 5.75. The van der Waals surface area contributed by atoms with E-state index in [0.29, 0.717) is 5.75 Å². The van der Waals surface area contributed by atoms with Crippen LogP contribution in [-0.4, -0.2) is 12.6 Å². The molecule has 3 nitrogen and oxygen atoms in total. The maximum atomic E-state index is 12.4. The average Bonchev–Trinajstić information content (AvgIpc) is 2.84. The summed E-state index contributed by atoms with van der Waals surface area (Å²) in [6.07, 6.45) is 19.2. The number of esters is 1. The molecule has 180 valence electrons. The first-order valence-electron chi connectivity index (χ1n) is 13.6. The molecular formula is C29H46O3. The van der Waals surface area contributed by atoms with Gasteiger partial charge in [-0.1, -0.05) is 71.6 Å². The topological polar surface area (TPSA) is 35.5 Å². The molecule has 3 heteroatoms. The fourth-order valence-corrected chi connectivity index (χ4v) is 5.66. The SMILES string of the molecule is CCCCCC1CCC(CCCOc2ccc(OC(=O)C3CCC(CC)CC3)cc2)CC1. The summed E-state index contributed by atoms with van der Waals surface area (Å²) in [5.41, 5.74) is 0. The Bertz CT molecular complexity index is 637. The highest BCUT2D eigenvalue weighted by Crippen LogP contribution is 2.34.